The van der Waals surface area contributed by atoms with Gasteiger partial charge >= 0.3 is 5.97 Å². The molecule has 1 unspecified atom stereocenters. The van der Waals surface area contributed by atoms with Gasteiger partial charge in [0.15, 0.2) is 0 Å². The number of esters is 1. The molecule has 0 fully saturated rings. The van der Waals surface area contributed by atoms with Crippen molar-refractivity contribution in [3.63, 3.8) is 0 Å². The number of rotatable bonds is 6. The number of thiophene rings is 1. The van der Waals surface area contributed by atoms with Crippen LogP contribution >= 0.6 is 11.3 Å². The SMILES string of the molecule is CCOC(=O)c1cccnc1NC(C)Cc1cccs1. The normalized spacial score (nSPS) is 11.9. The van der Waals surface area contributed by atoms with Gasteiger partial charge in [0.2, 0.25) is 0 Å². The second-order valence-corrected chi connectivity index (χ2v) is 5.48. The van der Waals surface area contributed by atoms with Gasteiger partial charge < -0.3 is 10.1 Å². The summed E-state index contributed by atoms with van der Waals surface area (Å²) in [5.41, 5.74) is 0.479. The molecule has 106 valence electrons. The predicted molar refractivity (Wildman–Crippen MR) is 81.3 cm³/mol. The number of aromatic nitrogens is 1. The Labute approximate surface area is 122 Å². The third kappa shape index (κ3) is 3.81. The highest BCUT2D eigenvalue weighted by Crippen LogP contribution is 2.17. The summed E-state index contributed by atoms with van der Waals surface area (Å²) in [5.74, 6) is 0.237. The molecular formula is C15H18N2O2S. The van der Waals surface area contributed by atoms with Crippen molar-refractivity contribution in [2.45, 2.75) is 26.3 Å². The van der Waals surface area contributed by atoms with E-state index in [1.54, 1.807) is 36.6 Å². The quantitative estimate of drug-likeness (QED) is 0.829. The van der Waals surface area contributed by atoms with Crippen molar-refractivity contribution in [2.75, 3.05) is 11.9 Å². The van der Waals surface area contributed by atoms with Crippen LogP contribution in [0.25, 0.3) is 0 Å². The average Bonchev–Trinajstić information content (AvgIpc) is 2.92. The molecule has 20 heavy (non-hydrogen) atoms. The van der Waals surface area contributed by atoms with Gasteiger partial charge in [-0.2, -0.15) is 0 Å². The van der Waals surface area contributed by atoms with Crippen LogP contribution in [0.4, 0.5) is 5.82 Å². The zero-order valence-electron chi connectivity index (χ0n) is 11.6. The molecule has 2 aromatic rings. The molecule has 0 saturated carbocycles. The van der Waals surface area contributed by atoms with Crippen LogP contribution in [0.2, 0.25) is 0 Å². The first kappa shape index (κ1) is 14.5. The lowest BCUT2D eigenvalue weighted by atomic mass is 10.2. The van der Waals surface area contributed by atoms with Crippen LogP contribution in [0.3, 0.4) is 0 Å². The number of carbonyl (C=O) groups is 1. The Bertz CT molecular complexity index is 555. The molecule has 0 aliphatic rings. The van der Waals surface area contributed by atoms with Crippen LogP contribution in [0.5, 0.6) is 0 Å². The van der Waals surface area contributed by atoms with Crippen molar-refractivity contribution in [3.05, 3.63) is 46.3 Å². The fourth-order valence-electron chi connectivity index (χ4n) is 1.91. The Morgan fingerprint density at radius 1 is 1.45 bits per heavy atom. The summed E-state index contributed by atoms with van der Waals surface area (Å²) in [7, 11) is 0. The first-order chi connectivity index (χ1) is 9.70. The maximum Gasteiger partial charge on any atom is 0.341 e. The molecule has 1 atom stereocenters. The predicted octanol–water partition coefficient (Wildman–Crippen LogP) is 3.36. The Kier molecular flexibility index (Phi) is 5.12. The van der Waals surface area contributed by atoms with Gasteiger partial charge in [0.25, 0.3) is 0 Å². The zero-order valence-corrected chi connectivity index (χ0v) is 12.4. The number of hydrogen-bond acceptors (Lipinski definition) is 5. The summed E-state index contributed by atoms with van der Waals surface area (Å²) in [4.78, 5) is 17.4. The number of nitrogens with zero attached hydrogens (tertiary/aromatic N) is 1. The average molecular weight is 290 g/mol. The van der Waals surface area contributed by atoms with Gasteiger partial charge in [-0.3, -0.25) is 0 Å². The molecule has 0 bridgehead atoms. The minimum Gasteiger partial charge on any atom is -0.462 e. The van der Waals surface area contributed by atoms with Gasteiger partial charge in [0, 0.05) is 23.5 Å². The van der Waals surface area contributed by atoms with E-state index in [1.165, 1.54) is 4.88 Å². The minimum absolute atomic E-state index is 0.191. The molecule has 0 spiro atoms. The van der Waals surface area contributed by atoms with Crippen molar-refractivity contribution >= 4 is 23.1 Å². The van der Waals surface area contributed by atoms with Crippen molar-refractivity contribution in [2.24, 2.45) is 0 Å². The number of hydrogen-bond donors (Lipinski definition) is 1. The minimum atomic E-state index is -0.341. The molecule has 5 heteroatoms. The fraction of sp³-hybridized carbons (Fsp3) is 0.333. The molecule has 1 N–H and O–H groups in total. The third-order valence-electron chi connectivity index (χ3n) is 2.77. The van der Waals surface area contributed by atoms with E-state index in [9.17, 15) is 4.79 Å². The monoisotopic (exact) mass is 290 g/mol. The van der Waals surface area contributed by atoms with E-state index in [0.29, 0.717) is 18.0 Å². The van der Waals surface area contributed by atoms with E-state index in [1.807, 2.05) is 6.07 Å². The summed E-state index contributed by atoms with van der Waals surface area (Å²) in [6.07, 6.45) is 2.57. The van der Waals surface area contributed by atoms with E-state index in [-0.39, 0.29) is 12.0 Å². The van der Waals surface area contributed by atoms with E-state index in [4.69, 9.17) is 4.74 Å². The van der Waals surface area contributed by atoms with E-state index >= 15 is 0 Å². The first-order valence-corrected chi connectivity index (χ1v) is 7.49. The van der Waals surface area contributed by atoms with Gasteiger partial charge in [-0.15, -0.1) is 11.3 Å². The van der Waals surface area contributed by atoms with Crippen molar-refractivity contribution in [1.82, 2.24) is 4.98 Å². The van der Waals surface area contributed by atoms with E-state index in [0.717, 1.165) is 6.42 Å². The number of ether oxygens (including phenoxy) is 1. The van der Waals surface area contributed by atoms with Gasteiger partial charge in [-0.25, -0.2) is 9.78 Å². The summed E-state index contributed by atoms with van der Waals surface area (Å²) in [5, 5.41) is 5.35. The van der Waals surface area contributed by atoms with Gasteiger partial charge in [-0.1, -0.05) is 6.07 Å². The van der Waals surface area contributed by atoms with Crippen molar-refractivity contribution in [3.8, 4) is 0 Å². The maximum absolute atomic E-state index is 11.9. The molecule has 0 amide bonds. The van der Waals surface area contributed by atoms with E-state index in [2.05, 4.69) is 28.7 Å². The number of anilines is 1. The van der Waals surface area contributed by atoms with Crippen LogP contribution in [-0.4, -0.2) is 23.6 Å². The fourth-order valence-corrected chi connectivity index (χ4v) is 2.74. The first-order valence-electron chi connectivity index (χ1n) is 6.61. The molecule has 0 radical (unpaired) electrons. The Morgan fingerprint density at radius 2 is 2.30 bits per heavy atom. The van der Waals surface area contributed by atoms with Gasteiger partial charge in [0.05, 0.1) is 6.61 Å². The molecule has 2 aromatic heterocycles. The summed E-state index contributed by atoms with van der Waals surface area (Å²) >= 11 is 1.73. The second kappa shape index (κ2) is 7.05. The maximum atomic E-state index is 11.9. The standard InChI is InChI=1S/C15H18N2O2S/c1-3-19-15(18)13-7-4-8-16-14(13)17-11(2)10-12-6-5-9-20-12/h4-9,11H,3,10H2,1-2H3,(H,16,17). The van der Waals surface area contributed by atoms with Crippen LogP contribution in [0.15, 0.2) is 35.8 Å². The highest BCUT2D eigenvalue weighted by molar-refractivity contribution is 7.09. The van der Waals surface area contributed by atoms with Gasteiger partial charge in [-0.05, 0) is 37.4 Å². The molecule has 0 saturated heterocycles. The molecule has 0 aliphatic carbocycles. The molecule has 0 aliphatic heterocycles. The smallest absolute Gasteiger partial charge is 0.341 e. The highest BCUT2D eigenvalue weighted by atomic mass is 32.1. The van der Waals surface area contributed by atoms with Crippen LogP contribution in [0.1, 0.15) is 29.1 Å². The Morgan fingerprint density at radius 3 is 3.00 bits per heavy atom. The highest BCUT2D eigenvalue weighted by Gasteiger charge is 2.15. The topological polar surface area (TPSA) is 51.2 Å². The molecule has 2 heterocycles. The lowest BCUT2D eigenvalue weighted by molar-refractivity contribution is 0.0527. The Balaban J connectivity index is 2.06. The summed E-state index contributed by atoms with van der Waals surface area (Å²) in [6, 6.07) is 7.80. The number of pyridine rings is 1. The lowest BCUT2D eigenvalue weighted by Gasteiger charge is -2.15. The van der Waals surface area contributed by atoms with Crippen LogP contribution in [-0.2, 0) is 11.2 Å². The van der Waals surface area contributed by atoms with Crippen molar-refractivity contribution in [1.29, 1.82) is 0 Å². The third-order valence-corrected chi connectivity index (χ3v) is 3.67. The van der Waals surface area contributed by atoms with E-state index < -0.39 is 0 Å². The molecule has 0 aromatic carbocycles. The molecule has 4 nitrogen and oxygen atoms in total. The number of nitrogens with one attached hydrogen (secondary N) is 1. The van der Waals surface area contributed by atoms with Crippen molar-refractivity contribution < 1.29 is 9.53 Å². The lowest BCUT2D eigenvalue weighted by Crippen LogP contribution is -2.21. The molecule has 2 rings (SSSR count). The second-order valence-electron chi connectivity index (χ2n) is 4.45. The summed E-state index contributed by atoms with van der Waals surface area (Å²) < 4.78 is 5.04. The van der Waals surface area contributed by atoms with Crippen LogP contribution in [0, 0.1) is 0 Å². The Hall–Kier alpha value is -1.88. The molecular weight excluding hydrogens is 272 g/mol. The van der Waals surface area contributed by atoms with Crippen LogP contribution < -0.4 is 5.32 Å². The van der Waals surface area contributed by atoms with Gasteiger partial charge in [0.1, 0.15) is 11.4 Å². The zero-order chi connectivity index (χ0) is 14.4. The summed E-state index contributed by atoms with van der Waals surface area (Å²) in [6.45, 7) is 4.22. The largest absolute Gasteiger partial charge is 0.462 e. The number of carbonyl (C=O) groups excluding carboxylic acids is 1.